The summed E-state index contributed by atoms with van der Waals surface area (Å²) in [5.41, 5.74) is 2.35. The first kappa shape index (κ1) is 19.8. The molecule has 3 aromatic rings. The Kier molecular flexibility index (Phi) is 5.49. The highest BCUT2D eigenvalue weighted by Gasteiger charge is 2.19. The van der Waals surface area contributed by atoms with Crippen LogP contribution in [0.15, 0.2) is 53.7 Å². The molecular weight excluding hydrogens is 386 g/mol. The van der Waals surface area contributed by atoms with Gasteiger partial charge in [0.25, 0.3) is 0 Å². The fourth-order valence-corrected chi connectivity index (χ4v) is 4.69. The Hall–Kier alpha value is -2.55. The van der Waals surface area contributed by atoms with Crippen molar-refractivity contribution in [2.45, 2.75) is 18.4 Å². The van der Waals surface area contributed by atoms with Crippen LogP contribution in [0.1, 0.15) is 11.1 Å². The van der Waals surface area contributed by atoms with Crippen molar-refractivity contribution in [3.8, 4) is 0 Å². The van der Waals surface area contributed by atoms with Gasteiger partial charge in [-0.25, -0.2) is 18.1 Å². The van der Waals surface area contributed by atoms with E-state index in [1.807, 2.05) is 31.2 Å². The summed E-state index contributed by atoms with van der Waals surface area (Å²) in [5, 5.41) is 0.814. The predicted molar refractivity (Wildman–Crippen MR) is 114 cm³/mol. The van der Waals surface area contributed by atoms with E-state index in [-0.39, 0.29) is 11.4 Å². The second-order valence-electron chi connectivity index (χ2n) is 7.48. The number of hydrogen-bond acceptors (Lipinski definition) is 6. The molecule has 29 heavy (non-hydrogen) atoms. The maximum atomic E-state index is 12.9. The lowest BCUT2D eigenvalue weighted by Crippen LogP contribution is -2.44. The standard InChI is InChI=1S/C21H25N5O2S/c1-16-12-18-4-3-5-19(21(18)23-14-16)29(27,28)24-15-17-6-7-22-20(13-17)26-10-8-25(2)9-11-26/h3-7,12-14,24H,8-11,15H2,1-2H3. The molecule has 7 nitrogen and oxygen atoms in total. The summed E-state index contributed by atoms with van der Waals surface area (Å²) in [6.07, 6.45) is 3.42. The second-order valence-corrected chi connectivity index (χ2v) is 9.21. The van der Waals surface area contributed by atoms with Crippen molar-refractivity contribution in [3.05, 3.63) is 59.9 Å². The van der Waals surface area contributed by atoms with Gasteiger partial charge in [-0.2, -0.15) is 0 Å². The molecule has 0 spiro atoms. The van der Waals surface area contributed by atoms with E-state index in [1.165, 1.54) is 0 Å². The predicted octanol–water partition coefficient (Wildman–Crippen LogP) is 2.17. The first-order chi connectivity index (χ1) is 13.9. The molecule has 0 amide bonds. The van der Waals surface area contributed by atoms with Gasteiger partial charge in [-0.15, -0.1) is 0 Å². The molecule has 2 aromatic heterocycles. The molecule has 1 fully saturated rings. The third-order valence-corrected chi connectivity index (χ3v) is 6.64. The molecule has 0 atom stereocenters. The van der Waals surface area contributed by atoms with Gasteiger partial charge in [-0.3, -0.25) is 4.98 Å². The van der Waals surface area contributed by atoms with Gasteiger partial charge in [0.2, 0.25) is 10.0 Å². The lowest BCUT2D eigenvalue weighted by molar-refractivity contribution is 0.312. The van der Waals surface area contributed by atoms with E-state index in [2.05, 4.69) is 31.5 Å². The number of sulfonamides is 1. The Morgan fingerprint density at radius 3 is 2.66 bits per heavy atom. The van der Waals surface area contributed by atoms with Gasteiger partial charge in [-0.1, -0.05) is 12.1 Å². The lowest BCUT2D eigenvalue weighted by Gasteiger charge is -2.33. The fraction of sp³-hybridized carbons (Fsp3) is 0.333. The van der Waals surface area contributed by atoms with Crippen LogP contribution in [0.25, 0.3) is 10.9 Å². The largest absolute Gasteiger partial charge is 0.354 e. The smallest absolute Gasteiger partial charge is 0.243 e. The Bertz CT molecular complexity index is 1120. The summed E-state index contributed by atoms with van der Waals surface area (Å²) in [6, 6.07) is 10.9. The summed E-state index contributed by atoms with van der Waals surface area (Å²) in [4.78, 5) is 13.5. The highest BCUT2D eigenvalue weighted by atomic mass is 32.2. The SMILES string of the molecule is Cc1cnc2c(S(=O)(=O)NCc3ccnc(N4CCN(C)CC4)c3)cccc2c1. The van der Waals surface area contributed by atoms with Gasteiger partial charge < -0.3 is 9.80 Å². The second kappa shape index (κ2) is 8.06. The van der Waals surface area contributed by atoms with E-state index in [0.717, 1.165) is 48.5 Å². The number of anilines is 1. The average Bonchev–Trinajstić information content (AvgIpc) is 2.72. The van der Waals surface area contributed by atoms with Crippen LogP contribution in [0.2, 0.25) is 0 Å². The summed E-state index contributed by atoms with van der Waals surface area (Å²) in [5.74, 6) is 0.886. The summed E-state index contributed by atoms with van der Waals surface area (Å²) in [7, 11) is -1.59. The molecule has 4 rings (SSSR count). The molecule has 1 N–H and O–H groups in total. The van der Waals surface area contributed by atoms with Crippen molar-refractivity contribution in [1.82, 2.24) is 19.6 Å². The first-order valence-corrected chi connectivity index (χ1v) is 11.1. The number of piperazine rings is 1. The number of aromatic nitrogens is 2. The first-order valence-electron chi connectivity index (χ1n) is 9.66. The van der Waals surface area contributed by atoms with Crippen molar-refractivity contribution in [1.29, 1.82) is 0 Å². The van der Waals surface area contributed by atoms with Gasteiger partial charge in [0.1, 0.15) is 10.7 Å². The van der Waals surface area contributed by atoms with Crippen LogP contribution in [0.5, 0.6) is 0 Å². The number of fused-ring (bicyclic) bond motifs is 1. The zero-order chi connectivity index (χ0) is 20.4. The number of hydrogen-bond donors (Lipinski definition) is 1. The Labute approximate surface area is 171 Å². The van der Waals surface area contributed by atoms with E-state index in [1.54, 1.807) is 24.5 Å². The molecule has 1 saturated heterocycles. The van der Waals surface area contributed by atoms with Crippen LogP contribution < -0.4 is 9.62 Å². The number of pyridine rings is 2. The van der Waals surface area contributed by atoms with Crippen LogP contribution in [-0.4, -0.2) is 56.5 Å². The molecule has 0 aliphatic carbocycles. The summed E-state index contributed by atoms with van der Waals surface area (Å²) in [6.45, 7) is 5.96. The molecule has 1 aliphatic rings. The Morgan fingerprint density at radius 2 is 1.86 bits per heavy atom. The summed E-state index contributed by atoms with van der Waals surface area (Å²) >= 11 is 0. The fourth-order valence-electron chi connectivity index (χ4n) is 3.49. The molecule has 0 saturated carbocycles. The number of nitrogens with one attached hydrogen (secondary N) is 1. The Balaban J connectivity index is 1.52. The van der Waals surface area contributed by atoms with E-state index >= 15 is 0 Å². The van der Waals surface area contributed by atoms with E-state index in [4.69, 9.17) is 0 Å². The highest BCUT2D eigenvalue weighted by molar-refractivity contribution is 7.89. The van der Waals surface area contributed by atoms with E-state index in [0.29, 0.717) is 5.52 Å². The molecule has 1 aromatic carbocycles. The van der Waals surface area contributed by atoms with E-state index in [9.17, 15) is 8.42 Å². The summed E-state index contributed by atoms with van der Waals surface area (Å²) < 4.78 is 28.6. The maximum Gasteiger partial charge on any atom is 0.243 e. The third kappa shape index (κ3) is 4.39. The molecule has 3 heterocycles. The van der Waals surface area contributed by atoms with Crippen LogP contribution >= 0.6 is 0 Å². The zero-order valence-corrected chi connectivity index (χ0v) is 17.5. The van der Waals surface area contributed by atoms with E-state index < -0.39 is 10.0 Å². The molecule has 152 valence electrons. The van der Waals surface area contributed by atoms with Crippen LogP contribution in [0, 0.1) is 6.92 Å². The minimum Gasteiger partial charge on any atom is -0.354 e. The number of rotatable bonds is 5. The van der Waals surface area contributed by atoms with Crippen molar-refractivity contribution in [2.24, 2.45) is 0 Å². The molecular formula is C21H25N5O2S. The van der Waals surface area contributed by atoms with Gasteiger partial charge in [-0.05, 0) is 49.4 Å². The number of aryl methyl sites for hydroxylation is 1. The normalized spacial score (nSPS) is 15.7. The van der Waals surface area contributed by atoms with Crippen molar-refractivity contribution in [2.75, 3.05) is 38.1 Å². The molecule has 0 radical (unpaired) electrons. The topological polar surface area (TPSA) is 78.4 Å². The van der Waals surface area contributed by atoms with Gasteiger partial charge >= 0.3 is 0 Å². The monoisotopic (exact) mass is 411 g/mol. The van der Waals surface area contributed by atoms with Gasteiger partial charge in [0.15, 0.2) is 0 Å². The zero-order valence-electron chi connectivity index (χ0n) is 16.7. The van der Waals surface area contributed by atoms with Gasteiger partial charge in [0.05, 0.1) is 5.52 Å². The number of benzene rings is 1. The van der Waals surface area contributed by atoms with Crippen LogP contribution in [0.3, 0.4) is 0 Å². The minimum absolute atomic E-state index is 0.198. The van der Waals surface area contributed by atoms with Crippen molar-refractivity contribution in [3.63, 3.8) is 0 Å². The number of para-hydroxylation sites is 1. The molecule has 0 bridgehead atoms. The lowest BCUT2D eigenvalue weighted by atomic mass is 10.2. The van der Waals surface area contributed by atoms with Crippen molar-refractivity contribution < 1.29 is 8.42 Å². The molecule has 1 aliphatic heterocycles. The Morgan fingerprint density at radius 1 is 1.07 bits per heavy atom. The maximum absolute atomic E-state index is 12.9. The number of likely N-dealkylation sites (N-methyl/N-ethyl adjacent to an activating group) is 1. The number of nitrogens with zero attached hydrogens (tertiary/aromatic N) is 4. The van der Waals surface area contributed by atoms with Crippen LogP contribution in [0.4, 0.5) is 5.82 Å². The van der Waals surface area contributed by atoms with Crippen molar-refractivity contribution >= 4 is 26.7 Å². The average molecular weight is 412 g/mol. The minimum atomic E-state index is -3.70. The third-order valence-electron chi connectivity index (χ3n) is 5.20. The highest BCUT2D eigenvalue weighted by Crippen LogP contribution is 2.22. The quantitative estimate of drug-likeness (QED) is 0.693. The van der Waals surface area contributed by atoms with Gasteiger partial charge in [0, 0.05) is 50.5 Å². The van der Waals surface area contributed by atoms with Crippen LogP contribution in [-0.2, 0) is 16.6 Å². The molecule has 8 heteroatoms. The molecule has 0 unspecified atom stereocenters.